The van der Waals surface area contributed by atoms with Crippen molar-refractivity contribution in [2.24, 2.45) is 0 Å². The van der Waals surface area contributed by atoms with E-state index in [9.17, 15) is 19.5 Å². The molecule has 4 rings (SSSR count). The number of rotatable bonds is 7. The lowest BCUT2D eigenvalue weighted by atomic mass is 10.0. The summed E-state index contributed by atoms with van der Waals surface area (Å²) in [6.07, 6.45) is 0. The fraction of sp³-hybridized carbons (Fsp3) is 0.179. The van der Waals surface area contributed by atoms with Gasteiger partial charge in [0.15, 0.2) is 0 Å². The summed E-state index contributed by atoms with van der Waals surface area (Å²) in [6, 6.07) is 15.2. The second-order valence-corrected chi connectivity index (χ2v) is 8.21. The molecule has 0 atom stereocenters. The Morgan fingerprint density at radius 3 is 2.49 bits per heavy atom. The number of hydrogen-bond donors (Lipinski definition) is 2. The van der Waals surface area contributed by atoms with Gasteiger partial charge in [0.2, 0.25) is 0 Å². The topological polar surface area (TPSA) is 124 Å². The summed E-state index contributed by atoms with van der Waals surface area (Å²) < 4.78 is 21.4. The quantitative estimate of drug-likeness (QED) is 0.215. The number of nitrogens with one attached hydrogen (secondary N) is 1. The first-order valence-electron chi connectivity index (χ1n) is 11.3. The number of ether oxygens (including phenoxy) is 3. The van der Waals surface area contributed by atoms with Crippen molar-refractivity contribution in [2.75, 3.05) is 19.5 Å². The molecule has 9 heteroatoms. The van der Waals surface area contributed by atoms with Gasteiger partial charge >= 0.3 is 11.6 Å². The summed E-state index contributed by atoms with van der Waals surface area (Å²) in [7, 11) is 3.10. The van der Waals surface area contributed by atoms with Crippen LogP contribution in [0.1, 0.15) is 28.4 Å². The second kappa shape index (κ2) is 10.5. The fourth-order valence-electron chi connectivity index (χ4n) is 4.03. The first kappa shape index (κ1) is 25.5. The van der Waals surface area contributed by atoms with Gasteiger partial charge in [0.25, 0.3) is 5.91 Å². The van der Waals surface area contributed by atoms with E-state index in [0.717, 1.165) is 5.56 Å². The molecular weight excluding hydrogens is 478 g/mol. The summed E-state index contributed by atoms with van der Waals surface area (Å²) in [5, 5.41) is 12.8. The largest absolute Gasteiger partial charge is 0.497 e. The van der Waals surface area contributed by atoms with E-state index in [1.54, 1.807) is 32.2 Å². The van der Waals surface area contributed by atoms with Gasteiger partial charge in [0.1, 0.15) is 28.5 Å². The van der Waals surface area contributed by atoms with Gasteiger partial charge < -0.3 is 29.1 Å². The molecule has 0 spiro atoms. The van der Waals surface area contributed by atoms with E-state index in [-0.39, 0.29) is 22.6 Å². The lowest BCUT2D eigenvalue weighted by molar-refractivity contribution is -0.132. The van der Waals surface area contributed by atoms with Crippen LogP contribution in [0.4, 0.5) is 5.69 Å². The zero-order chi connectivity index (χ0) is 26.7. The monoisotopic (exact) mass is 503 g/mol. The summed E-state index contributed by atoms with van der Waals surface area (Å²) in [5.41, 5.74) is 1.77. The number of aliphatic hydroxyl groups excluding tert-OH is 1. The molecule has 1 heterocycles. The van der Waals surface area contributed by atoms with Crippen LogP contribution in [-0.2, 0) is 11.4 Å². The zero-order valence-corrected chi connectivity index (χ0v) is 20.7. The van der Waals surface area contributed by atoms with E-state index in [1.165, 1.54) is 26.2 Å². The molecule has 0 saturated carbocycles. The van der Waals surface area contributed by atoms with Crippen molar-refractivity contribution < 1.29 is 33.3 Å². The molecule has 37 heavy (non-hydrogen) atoms. The fourth-order valence-corrected chi connectivity index (χ4v) is 4.03. The van der Waals surface area contributed by atoms with Crippen molar-refractivity contribution in [3.63, 3.8) is 0 Å². The molecule has 0 bridgehead atoms. The maximum atomic E-state index is 13.1. The van der Waals surface area contributed by atoms with E-state index in [1.807, 2.05) is 24.3 Å². The Morgan fingerprint density at radius 2 is 1.81 bits per heavy atom. The highest BCUT2D eigenvalue weighted by atomic mass is 16.5. The highest BCUT2D eigenvalue weighted by molar-refractivity contribution is 6.06. The van der Waals surface area contributed by atoms with Crippen LogP contribution in [0.5, 0.6) is 17.2 Å². The molecule has 0 fully saturated rings. The van der Waals surface area contributed by atoms with Gasteiger partial charge in [-0.1, -0.05) is 12.1 Å². The van der Waals surface area contributed by atoms with E-state index in [4.69, 9.17) is 18.6 Å². The molecule has 0 unspecified atom stereocenters. The second-order valence-electron chi connectivity index (χ2n) is 8.21. The summed E-state index contributed by atoms with van der Waals surface area (Å²) >= 11 is 0. The van der Waals surface area contributed by atoms with E-state index < -0.39 is 24.1 Å². The van der Waals surface area contributed by atoms with Gasteiger partial charge in [-0.15, -0.1) is 0 Å². The van der Waals surface area contributed by atoms with Crippen molar-refractivity contribution in [2.45, 2.75) is 20.5 Å². The van der Waals surface area contributed by atoms with Crippen LogP contribution in [0.15, 0.2) is 63.8 Å². The number of aliphatic hydroxyl groups is 1. The number of carbonyl (C=O) groups excluding carboxylic acids is 2. The Labute approximate surface area is 212 Å². The zero-order valence-electron chi connectivity index (χ0n) is 20.7. The first-order valence-corrected chi connectivity index (χ1v) is 11.3. The van der Waals surface area contributed by atoms with Gasteiger partial charge in [-0.2, -0.15) is 0 Å². The molecule has 3 aromatic carbocycles. The van der Waals surface area contributed by atoms with Crippen molar-refractivity contribution in [3.8, 4) is 28.4 Å². The number of esters is 1. The molecule has 190 valence electrons. The van der Waals surface area contributed by atoms with Crippen LogP contribution in [0.2, 0.25) is 0 Å². The third kappa shape index (κ3) is 5.17. The van der Waals surface area contributed by atoms with Gasteiger partial charge in [0.05, 0.1) is 20.8 Å². The molecule has 1 aromatic heterocycles. The van der Waals surface area contributed by atoms with Crippen molar-refractivity contribution in [3.05, 3.63) is 81.7 Å². The average molecular weight is 504 g/mol. The first-order chi connectivity index (χ1) is 17.7. The Kier molecular flexibility index (Phi) is 7.26. The minimum absolute atomic E-state index is 0.0835. The number of fused-ring (bicyclic) bond motifs is 1. The van der Waals surface area contributed by atoms with Crippen molar-refractivity contribution in [1.82, 2.24) is 0 Å². The Hall–Kier alpha value is -4.63. The maximum absolute atomic E-state index is 13.1. The highest BCUT2D eigenvalue weighted by Gasteiger charge is 2.19. The molecule has 4 aromatic rings. The van der Waals surface area contributed by atoms with Crippen LogP contribution < -0.4 is 25.2 Å². The summed E-state index contributed by atoms with van der Waals surface area (Å²) in [4.78, 5) is 37.3. The van der Waals surface area contributed by atoms with Crippen molar-refractivity contribution >= 4 is 28.5 Å². The third-order valence-corrected chi connectivity index (χ3v) is 5.79. The standard InChI is InChI=1S/C28H25NO8/c1-15-25-19(10-20(14-30)26(15)36-16(2)31)13-23(28(33)37-25)29-27(32)18-8-9-24(35-4)22(12-18)17-6-5-7-21(11-17)34-3/h5-13,30H,14H2,1-4H3,(H,29,32). The molecular formula is C28H25NO8. The number of anilines is 1. The summed E-state index contributed by atoms with van der Waals surface area (Å²) in [6.45, 7) is 2.44. The Morgan fingerprint density at radius 1 is 1.03 bits per heavy atom. The minimum Gasteiger partial charge on any atom is -0.497 e. The number of carbonyl (C=O) groups is 2. The van der Waals surface area contributed by atoms with Gasteiger partial charge in [0, 0.05) is 34.6 Å². The minimum atomic E-state index is -0.781. The SMILES string of the molecule is COc1cccc(-c2cc(C(=O)Nc3cc4cc(CO)c(OC(C)=O)c(C)c4oc3=O)ccc2OC)c1. The Balaban J connectivity index is 1.72. The smallest absolute Gasteiger partial charge is 0.360 e. The number of methoxy groups -OCH3 is 2. The predicted octanol–water partition coefficient (Wildman–Crippen LogP) is 4.46. The lowest BCUT2D eigenvalue weighted by Crippen LogP contribution is -2.18. The molecule has 0 aliphatic carbocycles. The maximum Gasteiger partial charge on any atom is 0.360 e. The molecule has 0 aliphatic heterocycles. The number of amides is 1. The van der Waals surface area contributed by atoms with Gasteiger partial charge in [-0.25, -0.2) is 4.79 Å². The van der Waals surface area contributed by atoms with Crippen LogP contribution in [0.25, 0.3) is 22.1 Å². The average Bonchev–Trinajstić information content (AvgIpc) is 2.90. The molecule has 0 saturated heterocycles. The van der Waals surface area contributed by atoms with Crippen LogP contribution in [0.3, 0.4) is 0 Å². The van der Waals surface area contributed by atoms with Gasteiger partial charge in [-0.05, 0) is 55.0 Å². The van der Waals surface area contributed by atoms with E-state index in [0.29, 0.717) is 33.6 Å². The molecule has 2 N–H and O–H groups in total. The normalized spacial score (nSPS) is 10.7. The molecule has 1 amide bonds. The number of hydrogen-bond acceptors (Lipinski definition) is 8. The van der Waals surface area contributed by atoms with Crippen molar-refractivity contribution in [1.29, 1.82) is 0 Å². The van der Waals surface area contributed by atoms with Crippen LogP contribution in [-0.4, -0.2) is 31.2 Å². The number of benzene rings is 3. The van der Waals surface area contributed by atoms with E-state index in [2.05, 4.69) is 5.32 Å². The highest BCUT2D eigenvalue weighted by Crippen LogP contribution is 2.34. The van der Waals surface area contributed by atoms with E-state index >= 15 is 0 Å². The summed E-state index contributed by atoms with van der Waals surface area (Å²) in [5.74, 6) is 0.235. The molecule has 0 radical (unpaired) electrons. The number of aryl methyl sites for hydroxylation is 1. The third-order valence-electron chi connectivity index (χ3n) is 5.79. The van der Waals surface area contributed by atoms with Gasteiger partial charge in [-0.3, -0.25) is 9.59 Å². The molecule has 9 nitrogen and oxygen atoms in total. The lowest BCUT2D eigenvalue weighted by Gasteiger charge is -2.14. The van der Waals surface area contributed by atoms with Crippen LogP contribution in [0, 0.1) is 6.92 Å². The molecule has 0 aliphatic rings. The van der Waals surface area contributed by atoms with Crippen LogP contribution >= 0.6 is 0 Å². The Bertz CT molecular complexity index is 1570. The predicted molar refractivity (Wildman–Crippen MR) is 137 cm³/mol.